The average Bonchev–Trinajstić information content (AvgIpc) is 2.91. The first-order chi connectivity index (χ1) is 11.1. The molecule has 23 heavy (non-hydrogen) atoms. The zero-order valence-corrected chi connectivity index (χ0v) is 12.6. The van der Waals surface area contributed by atoms with Crippen LogP contribution in [0.15, 0.2) is 52.8 Å². The molecule has 0 saturated carbocycles. The standard InChI is InChI=1S/C16H14N4O3/c1-10-6-7-20-13(8-10)17-14(16(21)22)15(20)19-18-11-4-3-5-12(9-11)23-2/h3-9H,1-2H3,(H,21,22). The summed E-state index contributed by atoms with van der Waals surface area (Å²) < 4.78 is 6.72. The third-order valence-electron chi connectivity index (χ3n) is 3.27. The van der Waals surface area contributed by atoms with Gasteiger partial charge in [-0.15, -0.1) is 10.2 Å². The van der Waals surface area contributed by atoms with E-state index in [9.17, 15) is 9.90 Å². The number of carboxylic acid groups (broad SMARTS) is 1. The first-order valence-electron chi connectivity index (χ1n) is 6.86. The molecule has 3 aromatic rings. The van der Waals surface area contributed by atoms with Gasteiger partial charge in [0.2, 0.25) is 0 Å². The average molecular weight is 310 g/mol. The number of nitrogens with zero attached hydrogens (tertiary/aromatic N) is 4. The van der Waals surface area contributed by atoms with Gasteiger partial charge in [0.25, 0.3) is 0 Å². The Labute approximate surface area is 131 Å². The quantitative estimate of drug-likeness (QED) is 0.743. The van der Waals surface area contributed by atoms with Gasteiger partial charge >= 0.3 is 5.97 Å². The highest BCUT2D eigenvalue weighted by molar-refractivity contribution is 5.91. The molecule has 2 aromatic heterocycles. The second kappa shape index (κ2) is 5.88. The molecular formula is C16H14N4O3. The molecule has 0 bridgehead atoms. The van der Waals surface area contributed by atoms with Crippen LogP contribution in [0.4, 0.5) is 11.5 Å². The van der Waals surface area contributed by atoms with E-state index in [4.69, 9.17) is 4.74 Å². The first kappa shape index (κ1) is 14.7. The molecule has 0 fully saturated rings. The van der Waals surface area contributed by atoms with Crippen LogP contribution in [0.2, 0.25) is 0 Å². The van der Waals surface area contributed by atoms with Gasteiger partial charge in [-0.25, -0.2) is 9.78 Å². The number of ether oxygens (including phenoxy) is 1. The Bertz CT molecular complexity index is 915. The van der Waals surface area contributed by atoms with E-state index in [0.29, 0.717) is 17.1 Å². The molecular weight excluding hydrogens is 296 g/mol. The van der Waals surface area contributed by atoms with Crippen LogP contribution in [0.1, 0.15) is 16.1 Å². The fraction of sp³-hybridized carbons (Fsp3) is 0.125. The number of benzene rings is 1. The molecule has 3 rings (SSSR count). The number of carbonyl (C=O) groups is 1. The summed E-state index contributed by atoms with van der Waals surface area (Å²) in [4.78, 5) is 15.5. The number of fused-ring (bicyclic) bond motifs is 1. The predicted molar refractivity (Wildman–Crippen MR) is 84.1 cm³/mol. The van der Waals surface area contributed by atoms with Crippen LogP contribution in [-0.2, 0) is 0 Å². The van der Waals surface area contributed by atoms with Crippen molar-refractivity contribution in [2.75, 3.05) is 7.11 Å². The van der Waals surface area contributed by atoms with Crippen LogP contribution < -0.4 is 4.74 Å². The number of aromatic carboxylic acids is 1. The first-order valence-corrected chi connectivity index (χ1v) is 6.86. The minimum atomic E-state index is -1.15. The van der Waals surface area contributed by atoms with Crippen LogP contribution >= 0.6 is 0 Å². The minimum absolute atomic E-state index is 0.137. The summed E-state index contributed by atoms with van der Waals surface area (Å²) in [5, 5.41) is 17.5. The van der Waals surface area contributed by atoms with E-state index >= 15 is 0 Å². The van der Waals surface area contributed by atoms with Crippen molar-refractivity contribution in [1.29, 1.82) is 0 Å². The lowest BCUT2D eigenvalue weighted by Gasteiger charge is -2.00. The Morgan fingerprint density at radius 3 is 2.83 bits per heavy atom. The van der Waals surface area contributed by atoms with E-state index < -0.39 is 5.97 Å². The third kappa shape index (κ3) is 2.89. The molecule has 0 saturated heterocycles. The summed E-state index contributed by atoms with van der Waals surface area (Å²) in [6.45, 7) is 1.91. The van der Waals surface area contributed by atoms with E-state index in [-0.39, 0.29) is 11.5 Å². The van der Waals surface area contributed by atoms with E-state index in [2.05, 4.69) is 15.2 Å². The van der Waals surface area contributed by atoms with Crippen molar-refractivity contribution in [1.82, 2.24) is 9.38 Å². The maximum Gasteiger partial charge on any atom is 0.358 e. The van der Waals surface area contributed by atoms with Gasteiger partial charge in [-0.1, -0.05) is 6.07 Å². The van der Waals surface area contributed by atoms with Gasteiger partial charge in [0, 0.05) is 12.3 Å². The largest absolute Gasteiger partial charge is 0.497 e. The maximum atomic E-state index is 11.4. The monoisotopic (exact) mass is 310 g/mol. The molecule has 0 aliphatic carbocycles. The van der Waals surface area contributed by atoms with E-state index in [0.717, 1.165) is 5.56 Å². The van der Waals surface area contributed by atoms with Crippen LogP contribution in [-0.4, -0.2) is 27.6 Å². The number of aryl methyl sites for hydroxylation is 1. The summed E-state index contributed by atoms with van der Waals surface area (Å²) in [6.07, 6.45) is 1.73. The predicted octanol–water partition coefficient (Wildman–Crippen LogP) is 3.76. The van der Waals surface area contributed by atoms with Crippen LogP contribution in [0.5, 0.6) is 5.75 Å². The highest BCUT2D eigenvalue weighted by Gasteiger charge is 2.18. The Hall–Kier alpha value is -3.22. The summed E-state index contributed by atoms with van der Waals surface area (Å²) >= 11 is 0. The number of azo groups is 1. The number of methoxy groups -OCH3 is 1. The van der Waals surface area contributed by atoms with E-state index in [1.54, 1.807) is 48.0 Å². The third-order valence-corrected chi connectivity index (χ3v) is 3.27. The van der Waals surface area contributed by atoms with Crippen LogP contribution in [0, 0.1) is 6.92 Å². The van der Waals surface area contributed by atoms with E-state index in [1.807, 2.05) is 13.0 Å². The lowest BCUT2D eigenvalue weighted by atomic mass is 10.3. The van der Waals surface area contributed by atoms with Crippen molar-refractivity contribution in [3.8, 4) is 5.75 Å². The van der Waals surface area contributed by atoms with Gasteiger partial charge in [0.1, 0.15) is 11.4 Å². The topological polar surface area (TPSA) is 88.5 Å². The number of hydrogen-bond acceptors (Lipinski definition) is 5. The van der Waals surface area contributed by atoms with Gasteiger partial charge in [0.15, 0.2) is 11.5 Å². The second-order valence-corrected chi connectivity index (χ2v) is 4.92. The maximum absolute atomic E-state index is 11.4. The van der Waals surface area contributed by atoms with Gasteiger partial charge in [-0.3, -0.25) is 4.40 Å². The summed E-state index contributed by atoms with van der Waals surface area (Å²) in [5.41, 5.74) is 1.92. The highest BCUT2D eigenvalue weighted by atomic mass is 16.5. The van der Waals surface area contributed by atoms with Crippen molar-refractivity contribution in [2.24, 2.45) is 10.2 Å². The Morgan fingerprint density at radius 1 is 1.26 bits per heavy atom. The van der Waals surface area contributed by atoms with Gasteiger partial charge in [-0.2, -0.15) is 0 Å². The van der Waals surface area contributed by atoms with E-state index in [1.165, 1.54) is 0 Å². The molecule has 0 amide bonds. The normalized spacial score (nSPS) is 11.2. The molecule has 1 N–H and O–H groups in total. The number of pyridine rings is 1. The Balaban J connectivity index is 2.09. The zero-order valence-electron chi connectivity index (χ0n) is 12.6. The fourth-order valence-corrected chi connectivity index (χ4v) is 2.15. The number of rotatable bonds is 4. The number of hydrogen-bond donors (Lipinski definition) is 1. The molecule has 116 valence electrons. The minimum Gasteiger partial charge on any atom is -0.497 e. The molecule has 7 nitrogen and oxygen atoms in total. The molecule has 1 aromatic carbocycles. The van der Waals surface area contributed by atoms with Crippen molar-refractivity contribution >= 4 is 23.1 Å². The summed E-state index contributed by atoms with van der Waals surface area (Å²) in [7, 11) is 1.56. The summed E-state index contributed by atoms with van der Waals surface area (Å²) in [5.74, 6) is -0.324. The lowest BCUT2D eigenvalue weighted by Crippen LogP contribution is -1.96. The second-order valence-electron chi connectivity index (χ2n) is 4.92. The molecule has 2 heterocycles. The Kier molecular flexibility index (Phi) is 3.76. The zero-order chi connectivity index (χ0) is 16.4. The molecule has 7 heteroatoms. The van der Waals surface area contributed by atoms with Crippen molar-refractivity contribution < 1.29 is 14.6 Å². The number of aromatic nitrogens is 2. The fourth-order valence-electron chi connectivity index (χ4n) is 2.15. The van der Waals surface area contributed by atoms with Gasteiger partial charge in [0.05, 0.1) is 12.8 Å². The molecule has 0 unspecified atom stereocenters. The van der Waals surface area contributed by atoms with Gasteiger partial charge in [-0.05, 0) is 36.8 Å². The SMILES string of the molecule is COc1cccc(N=Nc2c(C(=O)O)nc3cc(C)ccn23)c1. The molecule has 0 spiro atoms. The molecule has 0 aliphatic heterocycles. The molecule has 0 aliphatic rings. The summed E-state index contributed by atoms with van der Waals surface area (Å²) in [6, 6.07) is 10.7. The van der Waals surface area contributed by atoms with Gasteiger partial charge < -0.3 is 9.84 Å². The molecule has 0 atom stereocenters. The Morgan fingerprint density at radius 2 is 2.09 bits per heavy atom. The highest BCUT2D eigenvalue weighted by Crippen LogP contribution is 2.26. The van der Waals surface area contributed by atoms with Crippen LogP contribution in [0.3, 0.4) is 0 Å². The lowest BCUT2D eigenvalue weighted by molar-refractivity contribution is 0.0692. The number of carboxylic acids is 1. The van der Waals surface area contributed by atoms with Crippen molar-refractivity contribution in [2.45, 2.75) is 6.92 Å². The number of imidazole rings is 1. The van der Waals surface area contributed by atoms with Crippen molar-refractivity contribution in [3.63, 3.8) is 0 Å². The smallest absolute Gasteiger partial charge is 0.358 e. The van der Waals surface area contributed by atoms with Crippen LogP contribution in [0.25, 0.3) is 5.65 Å². The van der Waals surface area contributed by atoms with Crippen molar-refractivity contribution in [3.05, 3.63) is 53.9 Å². The molecule has 0 radical (unpaired) electrons.